The lowest BCUT2D eigenvalue weighted by atomic mass is 10.00. The highest BCUT2D eigenvalue weighted by atomic mass is 16.6. The molecule has 0 aromatic heterocycles. The molecule has 0 radical (unpaired) electrons. The average Bonchev–Trinajstić information content (AvgIpc) is 2.78. The first-order valence-electron chi connectivity index (χ1n) is 12.1. The summed E-state index contributed by atoms with van der Waals surface area (Å²) < 4.78 is 5.39. The van der Waals surface area contributed by atoms with Gasteiger partial charge in [-0.25, -0.2) is 4.79 Å². The van der Waals surface area contributed by atoms with E-state index >= 15 is 0 Å². The van der Waals surface area contributed by atoms with Gasteiger partial charge in [0.2, 0.25) is 11.8 Å². The summed E-state index contributed by atoms with van der Waals surface area (Å²) in [5, 5.41) is 24.9. The molecule has 3 amide bonds. The molecule has 0 aliphatic carbocycles. The van der Waals surface area contributed by atoms with Crippen LogP contribution in [-0.4, -0.2) is 57.3 Å². The van der Waals surface area contributed by atoms with Crippen LogP contribution >= 0.6 is 0 Å². The third-order valence-electron chi connectivity index (χ3n) is 5.17. The van der Waals surface area contributed by atoms with Gasteiger partial charge in [0.25, 0.3) is 0 Å². The number of carbonyl (C=O) groups is 3. The summed E-state index contributed by atoms with van der Waals surface area (Å²) in [7, 11) is 0. The number of amides is 3. The predicted octanol–water partition coefficient (Wildman–Crippen LogP) is 3.81. The summed E-state index contributed by atoms with van der Waals surface area (Å²) in [5.41, 5.74) is 0.369. The van der Waals surface area contributed by atoms with E-state index in [1.807, 2.05) is 13.8 Å². The quantitative estimate of drug-likeness (QED) is 0.359. The number of phenols is 2. The Labute approximate surface area is 218 Å². The van der Waals surface area contributed by atoms with E-state index in [9.17, 15) is 24.6 Å². The molecule has 0 aliphatic heterocycles. The standard InChI is InChI=1S/C28H37N3O6/c1-7-16-31(24(25(34)29-18(2)3)20-10-14-22(33)15-11-20)26(35)23(30-27(36)37-28(4,5)6)17-19-8-12-21(32)13-9-19/h7-15,18,23-24,32-33H,1,16-17H2,2-6H3,(H,29,34)(H,30,36). The van der Waals surface area contributed by atoms with E-state index in [0.717, 1.165) is 0 Å². The van der Waals surface area contributed by atoms with Crippen molar-refractivity contribution in [2.75, 3.05) is 6.54 Å². The van der Waals surface area contributed by atoms with Gasteiger partial charge in [-0.15, -0.1) is 6.58 Å². The number of nitrogens with one attached hydrogen (secondary N) is 2. The van der Waals surface area contributed by atoms with Gasteiger partial charge in [0, 0.05) is 19.0 Å². The van der Waals surface area contributed by atoms with Crippen molar-refractivity contribution < 1.29 is 29.3 Å². The fourth-order valence-corrected chi connectivity index (χ4v) is 3.67. The molecule has 2 rings (SSSR count). The topological polar surface area (TPSA) is 128 Å². The first-order chi connectivity index (χ1) is 17.3. The Morgan fingerprint density at radius 2 is 1.51 bits per heavy atom. The van der Waals surface area contributed by atoms with E-state index in [1.165, 1.54) is 35.2 Å². The van der Waals surface area contributed by atoms with Gasteiger partial charge >= 0.3 is 6.09 Å². The number of alkyl carbamates (subject to hydrolysis) is 1. The lowest BCUT2D eigenvalue weighted by molar-refractivity contribution is -0.142. The number of hydrogen-bond donors (Lipinski definition) is 4. The van der Waals surface area contributed by atoms with Crippen molar-refractivity contribution in [1.29, 1.82) is 0 Å². The molecule has 9 nitrogen and oxygen atoms in total. The van der Waals surface area contributed by atoms with E-state index in [-0.39, 0.29) is 30.5 Å². The molecule has 0 spiro atoms. The van der Waals surface area contributed by atoms with Crippen molar-refractivity contribution >= 4 is 17.9 Å². The fraction of sp³-hybridized carbons (Fsp3) is 0.393. The molecule has 0 saturated heterocycles. The number of benzene rings is 2. The van der Waals surface area contributed by atoms with Crippen molar-refractivity contribution in [3.63, 3.8) is 0 Å². The van der Waals surface area contributed by atoms with Gasteiger partial charge in [0.15, 0.2) is 0 Å². The van der Waals surface area contributed by atoms with E-state index in [0.29, 0.717) is 11.1 Å². The van der Waals surface area contributed by atoms with Crippen LogP contribution in [0.4, 0.5) is 4.79 Å². The van der Waals surface area contributed by atoms with Crippen molar-refractivity contribution in [3.05, 3.63) is 72.3 Å². The zero-order valence-corrected chi connectivity index (χ0v) is 22.0. The van der Waals surface area contributed by atoms with Gasteiger partial charge in [0.05, 0.1) is 0 Å². The Morgan fingerprint density at radius 3 is 2.00 bits per heavy atom. The molecule has 0 fully saturated rings. The first kappa shape index (κ1) is 29.2. The number of aromatic hydroxyl groups is 2. The van der Waals surface area contributed by atoms with E-state index < -0.39 is 35.6 Å². The summed E-state index contributed by atoms with van der Waals surface area (Å²) in [5.74, 6) is -0.865. The zero-order valence-electron chi connectivity index (χ0n) is 22.0. The van der Waals surface area contributed by atoms with Gasteiger partial charge in [0.1, 0.15) is 29.2 Å². The molecule has 2 atom stereocenters. The third kappa shape index (κ3) is 9.18. The Hall–Kier alpha value is -4.01. The van der Waals surface area contributed by atoms with Crippen molar-refractivity contribution in [2.24, 2.45) is 0 Å². The Morgan fingerprint density at radius 1 is 0.973 bits per heavy atom. The zero-order chi connectivity index (χ0) is 27.8. The summed E-state index contributed by atoms with van der Waals surface area (Å²) >= 11 is 0. The van der Waals surface area contributed by atoms with Crippen LogP contribution < -0.4 is 10.6 Å². The van der Waals surface area contributed by atoms with Gasteiger partial charge in [-0.1, -0.05) is 30.3 Å². The molecule has 0 aliphatic rings. The minimum Gasteiger partial charge on any atom is -0.508 e. The minimum absolute atomic E-state index is 0.0119. The van der Waals surface area contributed by atoms with Crippen LogP contribution in [0.5, 0.6) is 11.5 Å². The van der Waals surface area contributed by atoms with Crippen LogP contribution in [0.2, 0.25) is 0 Å². The van der Waals surface area contributed by atoms with Crippen molar-refractivity contribution in [2.45, 2.75) is 64.8 Å². The maximum atomic E-state index is 14.0. The Bertz CT molecular complexity index is 1070. The average molecular weight is 512 g/mol. The molecule has 2 aromatic carbocycles. The maximum Gasteiger partial charge on any atom is 0.408 e. The maximum absolute atomic E-state index is 14.0. The number of phenolic OH excluding ortho intramolecular Hbond substituents is 2. The lowest BCUT2D eigenvalue weighted by Gasteiger charge is -2.34. The molecule has 0 heterocycles. The number of nitrogens with zero attached hydrogens (tertiary/aromatic N) is 1. The number of rotatable bonds is 10. The highest BCUT2D eigenvalue weighted by Crippen LogP contribution is 2.25. The van der Waals surface area contributed by atoms with Gasteiger partial charge in [-0.2, -0.15) is 0 Å². The normalized spacial score (nSPS) is 12.8. The minimum atomic E-state index is -1.09. The molecule has 200 valence electrons. The van der Waals surface area contributed by atoms with Gasteiger partial charge in [-0.05, 0) is 70.0 Å². The molecular formula is C28H37N3O6. The first-order valence-corrected chi connectivity index (χ1v) is 12.1. The molecule has 37 heavy (non-hydrogen) atoms. The van der Waals surface area contributed by atoms with E-state index in [1.54, 1.807) is 45.0 Å². The van der Waals surface area contributed by atoms with Crippen LogP contribution in [0.25, 0.3) is 0 Å². The molecular weight excluding hydrogens is 474 g/mol. The monoisotopic (exact) mass is 511 g/mol. The fourth-order valence-electron chi connectivity index (χ4n) is 3.67. The second-order valence-corrected chi connectivity index (χ2v) is 10.0. The van der Waals surface area contributed by atoms with E-state index in [2.05, 4.69) is 17.2 Å². The highest BCUT2D eigenvalue weighted by Gasteiger charge is 2.36. The summed E-state index contributed by atoms with van der Waals surface area (Å²) in [4.78, 5) is 41.4. The SMILES string of the molecule is C=CCN(C(=O)C(Cc1ccc(O)cc1)NC(=O)OC(C)(C)C)C(C(=O)NC(C)C)c1ccc(O)cc1. The molecule has 2 unspecified atom stereocenters. The van der Waals surface area contributed by atoms with Crippen LogP contribution in [0, 0.1) is 0 Å². The lowest BCUT2D eigenvalue weighted by Crippen LogP contribution is -2.54. The number of carbonyl (C=O) groups excluding carboxylic acids is 3. The van der Waals surface area contributed by atoms with E-state index in [4.69, 9.17) is 4.74 Å². The summed E-state index contributed by atoms with van der Waals surface area (Å²) in [6.45, 7) is 12.5. The van der Waals surface area contributed by atoms with Crippen LogP contribution in [0.1, 0.15) is 51.8 Å². The van der Waals surface area contributed by atoms with Crippen LogP contribution in [-0.2, 0) is 20.7 Å². The molecule has 4 N–H and O–H groups in total. The summed E-state index contributed by atoms with van der Waals surface area (Å²) in [6.07, 6.45) is 0.801. The number of hydrogen-bond acceptors (Lipinski definition) is 6. The van der Waals surface area contributed by atoms with Crippen molar-refractivity contribution in [3.8, 4) is 11.5 Å². The van der Waals surface area contributed by atoms with Crippen molar-refractivity contribution in [1.82, 2.24) is 15.5 Å². The smallest absolute Gasteiger partial charge is 0.408 e. The summed E-state index contributed by atoms with van der Waals surface area (Å²) in [6, 6.07) is 9.94. The molecule has 0 saturated carbocycles. The molecule has 2 aromatic rings. The largest absolute Gasteiger partial charge is 0.508 e. The molecule has 0 bridgehead atoms. The van der Waals surface area contributed by atoms with Gasteiger partial charge < -0.3 is 30.5 Å². The third-order valence-corrected chi connectivity index (χ3v) is 5.17. The second-order valence-electron chi connectivity index (χ2n) is 10.0. The van der Waals surface area contributed by atoms with Gasteiger partial charge in [-0.3, -0.25) is 9.59 Å². The second kappa shape index (κ2) is 12.8. The van der Waals surface area contributed by atoms with Crippen LogP contribution in [0.15, 0.2) is 61.2 Å². The highest BCUT2D eigenvalue weighted by molar-refractivity contribution is 5.92. The van der Waals surface area contributed by atoms with Crippen LogP contribution in [0.3, 0.4) is 0 Å². The Balaban J connectivity index is 2.51. The molecule has 9 heteroatoms. The Kier molecular flexibility index (Phi) is 10.1. The number of ether oxygens (including phenoxy) is 1. The predicted molar refractivity (Wildman–Crippen MR) is 141 cm³/mol.